The van der Waals surface area contributed by atoms with E-state index in [0.29, 0.717) is 13.0 Å². The number of carbonyl (C=O) groups excluding carboxylic acids is 1. The molecule has 19 heavy (non-hydrogen) atoms. The molecular formula is C15H21N3O. The Bertz CT molecular complexity index is 522. The van der Waals surface area contributed by atoms with Gasteiger partial charge in [0, 0.05) is 30.6 Å². The monoisotopic (exact) mass is 259 g/mol. The van der Waals surface area contributed by atoms with Crippen molar-refractivity contribution in [1.82, 2.24) is 0 Å². The number of amides is 1. The molecule has 1 unspecified atom stereocenters. The summed E-state index contributed by atoms with van der Waals surface area (Å²) < 4.78 is 0. The Morgan fingerprint density at radius 1 is 1.37 bits per heavy atom. The zero-order valence-corrected chi connectivity index (χ0v) is 11.4. The van der Waals surface area contributed by atoms with E-state index in [4.69, 9.17) is 11.5 Å². The lowest BCUT2D eigenvalue weighted by molar-refractivity contribution is -0.118. The second-order valence-corrected chi connectivity index (χ2v) is 5.89. The van der Waals surface area contributed by atoms with Gasteiger partial charge in [0.1, 0.15) is 0 Å². The fraction of sp³-hybridized carbons (Fsp3) is 0.533. The molecule has 1 heterocycles. The lowest BCUT2D eigenvalue weighted by atomic mass is 9.88. The van der Waals surface area contributed by atoms with Crippen LogP contribution in [0.5, 0.6) is 0 Å². The average Bonchev–Trinajstić information content (AvgIpc) is 3.23. The molecule has 1 aliphatic heterocycles. The molecule has 2 aliphatic rings. The molecule has 4 nitrogen and oxygen atoms in total. The maximum atomic E-state index is 11.7. The Labute approximate surface area is 113 Å². The first-order valence-corrected chi connectivity index (χ1v) is 6.92. The van der Waals surface area contributed by atoms with Gasteiger partial charge in [0.05, 0.1) is 0 Å². The van der Waals surface area contributed by atoms with Crippen molar-refractivity contribution in [2.75, 3.05) is 18.5 Å². The van der Waals surface area contributed by atoms with Gasteiger partial charge in [-0.2, -0.15) is 0 Å². The number of rotatable bonds is 3. The van der Waals surface area contributed by atoms with Crippen LogP contribution in [0.15, 0.2) is 18.2 Å². The van der Waals surface area contributed by atoms with E-state index in [2.05, 4.69) is 6.07 Å². The van der Waals surface area contributed by atoms with E-state index in [1.54, 1.807) is 4.90 Å². The highest BCUT2D eigenvalue weighted by molar-refractivity contribution is 5.95. The third-order valence-electron chi connectivity index (χ3n) is 4.76. The number of hydrogen-bond donors (Lipinski definition) is 2. The van der Waals surface area contributed by atoms with E-state index in [9.17, 15) is 4.79 Å². The van der Waals surface area contributed by atoms with E-state index >= 15 is 0 Å². The number of hydrogen-bond acceptors (Lipinski definition) is 3. The normalized spacial score (nSPS) is 22.1. The van der Waals surface area contributed by atoms with Crippen LogP contribution in [-0.2, 0) is 11.2 Å². The van der Waals surface area contributed by atoms with Crippen LogP contribution in [0.25, 0.3) is 0 Å². The number of nitrogens with zero attached hydrogens (tertiary/aromatic N) is 1. The molecule has 4 heteroatoms. The molecule has 0 radical (unpaired) electrons. The Kier molecular flexibility index (Phi) is 2.87. The number of anilines is 1. The molecule has 0 saturated heterocycles. The molecule has 102 valence electrons. The molecule has 0 spiro atoms. The molecule has 4 N–H and O–H groups in total. The van der Waals surface area contributed by atoms with Gasteiger partial charge in [-0.1, -0.05) is 12.1 Å². The highest BCUT2D eigenvalue weighted by Crippen LogP contribution is 2.53. The summed E-state index contributed by atoms with van der Waals surface area (Å²) in [6.07, 6.45) is 3.65. The van der Waals surface area contributed by atoms with Crippen molar-refractivity contribution in [3.8, 4) is 0 Å². The van der Waals surface area contributed by atoms with Gasteiger partial charge in [0.2, 0.25) is 5.91 Å². The van der Waals surface area contributed by atoms with Crippen LogP contribution in [0, 0.1) is 5.41 Å². The molecule has 1 aliphatic carbocycles. The predicted octanol–water partition coefficient (Wildman–Crippen LogP) is 1.33. The van der Waals surface area contributed by atoms with Gasteiger partial charge in [0.15, 0.2) is 0 Å². The molecule has 1 saturated carbocycles. The van der Waals surface area contributed by atoms with Gasteiger partial charge in [-0.3, -0.25) is 4.79 Å². The molecule has 3 rings (SSSR count). The molecule has 1 atom stereocenters. The number of nitrogens with two attached hydrogens (primary N) is 2. The quantitative estimate of drug-likeness (QED) is 0.860. The molecule has 0 aromatic heterocycles. The van der Waals surface area contributed by atoms with Crippen molar-refractivity contribution in [2.45, 2.75) is 31.7 Å². The zero-order chi connectivity index (χ0) is 13.6. The maximum Gasteiger partial charge on any atom is 0.227 e. The molecule has 1 aromatic carbocycles. The number of fused-ring (bicyclic) bond motifs is 1. The summed E-state index contributed by atoms with van der Waals surface area (Å²) >= 11 is 0. The molecule has 1 aromatic rings. The maximum absolute atomic E-state index is 11.7. The Morgan fingerprint density at radius 2 is 2.11 bits per heavy atom. The molecule has 0 bridgehead atoms. The third kappa shape index (κ3) is 1.95. The number of aryl methyl sites for hydroxylation is 1. The van der Waals surface area contributed by atoms with E-state index in [1.807, 2.05) is 19.2 Å². The molecule has 1 fully saturated rings. The van der Waals surface area contributed by atoms with E-state index in [-0.39, 0.29) is 17.4 Å². The van der Waals surface area contributed by atoms with Gasteiger partial charge in [0.25, 0.3) is 0 Å². The second kappa shape index (κ2) is 4.32. The summed E-state index contributed by atoms with van der Waals surface area (Å²) in [4.78, 5) is 13.4. The summed E-state index contributed by atoms with van der Waals surface area (Å²) in [5, 5.41) is 0. The van der Waals surface area contributed by atoms with Crippen molar-refractivity contribution in [2.24, 2.45) is 16.9 Å². The fourth-order valence-electron chi connectivity index (χ4n) is 3.03. The smallest absolute Gasteiger partial charge is 0.227 e. The Hall–Kier alpha value is -1.39. The van der Waals surface area contributed by atoms with E-state index in [1.165, 1.54) is 5.56 Å². The van der Waals surface area contributed by atoms with E-state index < -0.39 is 0 Å². The Balaban J connectivity index is 1.92. The van der Waals surface area contributed by atoms with Crippen LogP contribution in [-0.4, -0.2) is 19.5 Å². The summed E-state index contributed by atoms with van der Waals surface area (Å²) in [5.74, 6) is 0.185. The topological polar surface area (TPSA) is 72.3 Å². The summed E-state index contributed by atoms with van der Waals surface area (Å²) in [6, 6.07) is 6.26. The van der Waals surface area contributed by atoms with Crippen molar-refractivity contribution in [3.63, 3.8) is 0 Å². The second-order valence-electron chi connectivity index (χ2n) is 5.89. The van der Waals surface area contributed by atoms with Crippen molar-refractivity contribution in [3.05, 3.63) is 29.3 Å². The predicted molar refractivity (Wildman–Crippen MR) is 75.8 cm³/mol. The molecular weight excluding hydrogens is 238 g/mol. The van der Waals surface area contributed by atoms with Crippen LogP contribution in [0.3, 0.4) is 0 Å². The number of carbonyl (C=O) groups is 1. The minimum atomic E-state index is 0.0192. The minimum absolute atomic E-state index is 0.0192. The summed E-state index contributed by atoms with van der Waals surface area (Å²) in [6.45, 7) is 0.656. The summed E-state index contributed by atoms with van der Waals surface area (Å²) in [7, 11) is 1.84. The average molecular weight is 259 g/mol. The van der Waals surface area contributed by atoms with Gasteiger partial charge < -0.3 is 16.4 Å². The van der Waals surface area contributed by atoms with Gasteiger partial charge in [-0.05, 0) is 43.0 Å². The zero-order valence-electron chi connectivity index (χ0n) is 11.4. The van der Waals surface area contributed by atoms with Gasteiger partial charge in [-0.25, -0.2) is 0 Å². The van der Waals surface area contributed by atoms with Gasteiger partial charge >= 0.3 is 0 Å². The lowest BCUT2D eigenvalue weighted by Crippen LogP contribution is -2.32. The third-order valence-corrected chi connectivity index (χ3v) is 4.76. The Morgan fingerprint density at radius 3 is 2.74 bits per heavy atom. The SMILES string of the molecule is CN1C(=O)CCc2cc(C(N)C3(CN)CC3)ccc21. The highest BCUT2D eigenvalue weighted by atomic mass is 16.2. The van der Waals surface area contributed by atoms with E-state index in [0.717, 1.165) is 30.5 Å². The highest BCUT2D eigenvalue weighted by Gasteiger charge is 2.47. The van der Waals surface area contributed by atoms with Gasteiger partial charge in [-0.15, -0.1) is 0 Å². The first-order valence-electron chi connectivity index (χ1n) is 6.92. The standard InChI is InChI=1S/C15H21N3O/c1-18-12-4-2-11(8-10(12)3-5-13(18)19)14(17)15(9-16)6-7-15/h2,4,8,14H,3,5-7,9,16-17H2,1H3. The van der Waals surface area contributed by atoms with Crippen molar-refractivity contribution in [1.29, 1.82) is 0 Å². The van der Waals surface area contributed by atoms with Crippen molar-refractivity contribution < 1.29 is 4.79 Å². The van der Waals surface area contributed by atoms with Crippen LogP contribution < -0.4 is 16.4 Å². The fourth-order valence-corrected chi connectivity index (χ4v) is 3.03. The summed E-state index contributed by atoms with van der Waals surface area (Å²) in [5.41, 5.74) is 15.7. The van der Waals surface area contributed by atoms with Crippen LogP contribution in [0.1, 0.15) is 36.4 Å². The van der Waals surface area contributed by atoms with Crippen LogP contribution in [0.2, 0.25) is 0 Å². The minimum Gasteiger partial charge on any atom is -0.330 e. The van der Waals surface area contributed by atoms with Crippen LogP contribution >= 0.6 is 0 Å². The molecule has 1 amide bonds. The van der Waals surface area contributed by atoms with Crippen molar-refractivity contribution >= 4 is 11.6 Å². The van der Waals surface area contributed by atoms with Crippen LogP contribution in [0.4, 0.5) is 5.69 Å². The largest absolute Gasteiger partial charge is 0.330 e. The lowest BCUT2D eigenvalue weighted by Gasteiger charge is -2.28. The number of benzene rings is 1. The first kappa shape index (κ1) is 12.6. The first-order chi connectivity index (χ1) is 9.07.